The van der Waals surface area contributed by atoms with Crippen LogP contribution >= 0.6 is 11.6 Å². The number of aromatic amines is 1. The summed E-state index contributed by atoms with van der Waals surface area (Å²) < 4.78 is 26.8. The average Bonchev–Trinajstić information content (AvgIpc) is 3.56. The van der Waals surface area contributed by atoms with Crippen molar-refractivity contribution >= 4 is 39.5 Å². The second kappa shape index (κ2) is 11.1. The van der Waals surface area contributed by atoms with Gasteiger partial charge in [-0.1, -0.05) is 17.7 Å². The Hall–Kier alpha value is -3.74. The summed E-state index contributed by atoms with van der Waals surface area (Å²) in [6, 6.07) is 7.18. The molecule has 0 bridgehead atoms. The van der Waals surface area contributed by atoms with Gasteiger partial charge in [0.2, 0.25) is 0 Å². The van der Waals surface area contributed by atoms with E-state index < -0.39 is 23.8 Å². The minimum atomic E-state index is -1.14. The lowest BCUT2D eigenvalue weighted by Crippen LogP contribution is -2.52. The minimum absolute atomic E-state index is 0.0451. The van der Waals surface area contributed by atoms with Crippen LogP contribution in [0, 0.1) is 6.92 Å². The number of ether oxygens (including phenoxy) is 2. The van der Waals surface area contributed by atoms with Gasteiger partial charge >= 0.3 is 12.1 Å². The molecule has 43 heavy (non-hydrogen) atoms. The molecule has 13 heteroatoms. The molecule has 1 saturated carbocycles. The van der Waals surface area contributed by atoms with Gasteiger partial charge in [0.25, 0.3) is 0 Å². The third kappa shape index (κ3) is 5.21. The van der Waals surface area contributed by atoms with Crippen molar-refractivity contribution in [2.24, 2.45) is 0 Å². The Labute approximate surface area is 252 Å². The van der Waals surface area contributed by atoms with E-state index in [0.717, 1.165) is 40.4 Å². The summed E-state index contributed by atoms with van der Waals surface area (Å²) >= 11 is 6.50. The number of hydrogen-bond acceptors (Lipinski definition) is 8. The van der Waals surface area contributed by atoms with Gasteiger partial charge in [-0.15, -0.1) is 0 Å². The van der Waals surface area contributed by atoms with Crippen molar-refractivity contribution in [2.75, 3.05) is 33.3 Å². The fourth-order valence-electron chi connectivity index (χ4n) is 6.23. The van der Waals surface area contributed by atoms with E-state index in [1.165, 1.54) is 4.90 Å². The number of amides is 1. The molecule has 2 aliphatic heterocycles. The first kappa shape index (κ1) is 28.1. The first-order valence-corrected chi connectivity index (χ1v) is 15.0. The van der Waals surface area contributed by atoms with Crippen molar-refractivity contribution in [1.29, 1.82) is 0 Å². The number of likely N-dealkylation sites (tertiary alicyclic amines) is 1. The molecule has 3 N–H and O–H groups in total. The molecule has 226 valence electrons. The largest absolute Gasteiger partial charge is 0.487 e. The quantitative estimate of drug-likeness (QED) is 0.203. The number of piperazine rings is 1. The Morgan fingerprint density at radius 2 is 2.02 bits per heavy atom. The molecule has 4 aromatic rings. The van der Waals surface area contributed by atoms with Crippen LogP contribution in [0.2, 0.25) is 0 Å². The molecule has 2 saturated heterocycles. The van der Waals surface area contributed by atoms with E-state index in [1.54, 1.807) is 6.20 Å². The van der Waals surface area contributed by atoms with Crippen LogP contribution in [0.5, 0.6) is 11.8 Å². The molecule has 1 aliphatic carbocycles. The summed E-state index contributed by atoms with van der Waals surface area (Å²) in [5.74, 6) is 0.583. The smallest absolute Gasteiger partial charge is 0.409 e. The van der Waals surface area contributed by atoms with Gasteiger partial charge in [-0.25, -0.2) is 9.18 Å². The fourth-order valence-corrected chi connectivity index (χ4v) is 6.56. The number of halogens is 2. The number of rotatable bonds is 7. The number of nitrogens with zero attached hydrogens (tertiary/aromatic N) is 5. The maximum atomic E-state index is 14.1. The van der Waals surface area contributed by atoms with Crippen LogP contribution < -0.4 is 14.8 Å². The summed E-state index contributed by atoms with van der Waals surface area (Å²) in [7, 11) is 1.87. The molecule has 4 atom stereocenters. The third-order valence-corrected chi connectivity index (χ3v) is 8.97. The lowest BCUT2D eigenvalue weighted by Gasteiger charge is -2.37. The highest BCUT2D eigenvalue weighted by molar-refractivity contribution is 6.21. The molecule has 0 radical (unpaired) electrons. The lowest BCUT2D eigenvalue weighted by atomic mass is 9.94. The topological polar surface area (TPSA) is 129 Å². The number of aromatic nitrogens is 4. The number of carbonyl (C=O) groups is 1. The van der Waals surface area contributed by atoms with Gasteiger partial charge in [0.05, 0.1) is 29.6 Å². The van der Waals surface area contributed by atoms with E-state index in [1.807, 2.05) is 43.1 Å². The summed E-state index contributed by atoms with van der Waals surface area (Å²) in [5, 5.41) is 22.3. The Morgan fingerprint density at radius 3 is 2.77 bits per heavy atom. The number of benzene rings is 2. The van der Waals surface area contributed by atoms with Crippen molar-refractivity contribution in [1.82, 2.24) is 35.3 Å². The lowest BCUT2D eigenvalue weighted by molar-refractivity contribution is 0.100. The normalized spacial score (nSPS) is 24.6. The number of alkyl halides is 2. The van der Waals surface area contributed by atoms with Crippen LogP contribution in [0.25, 0.3) is 32.9 Å². The Kier molecular flexibility index (Phi) is 7.22. The van der Waals surface area contributed by atoms with E-state index >= 15 is 0 Å². The van der Waals surface area contributed by atoms with Crippen LogP contribution in [0.4, 0.5) is 9.18 Å². The molecule has 3 fully saturated rings. The average molecular weight is 610 g/mol. The molecular formula is C30H33ClFN7O4. The Morgan fingerprint density at radius 1 is 1.19 bits per heavy atom. The maximum Gasteiger partial charge on any atom is 0.409 e. The summed E-state index contributed by atoms with van der Waals surface area (Å²) in [4.78, 5) is 25.2. The summed E-state index contributed by atoms with van der Waals surface area (Å²) in [6.45, 7) is 3.20. The molecule has 0 spiro atoms. The number of aryl methyl sites for hydroxylation is 1. The molecule has 1 amide bonds. The zero-order chi connectivity index (χ0) is 29.8. The van der Waals surface area contributed by atoms with E-state index in [0.29, 0.717) is 48.4 Å². The molecule has 11 nitrogen and oxygen atoms in total. The zero-order valence-corrected chi connectivity index (χ0v) is 24.6. The SMILES string of the molecule is Cc1ccc2[nH]ncc2c1-c1ccc2c(C3CNCC(Cl)N3C(=O)O)nc(OC[C@@H]3C[C@@H](F)CN3C)nc2c1OC1CC1. The van der Waals surface area contributed by atoms with Crippen LogP contribution in [0.1, 0.15) is 36.6 Å². The highest BCUT2D eigenvalue weighted by Crippen LogP contribution is 2.45. The second-order valence-electron chi connectivity index (χ2n) is 11.7. The van der Waals surface area contributed by atoms with Crippen LogP contribution in [0.15, 0.2) is 30.5 Å². The van der Waals surface area contributed by atoms with E-state index in [9.17, 15) is 14.3 Å². The molecule has 2 aromatic carbocycles. The standard InChI is InChI=1S/C30H33ClFN7O4/c1-15-3-8-22-21(10-34-37-22)25(15)19-6-7-20-26(23-11-33-12-24(31)39(23)30(40)41)35-29(36-27(20)28(19)43-18-4-5-18)42-14-17-9-16(32)13-38(17)2/h3,6-8,10,16-18,23-24,33H,4-5,9,11-14H2,1-2H3,(H,34,37)(H,40,41)/t16-,17+,23?,24?/m1/s1. The molecule has 4 heterocycles. The number of fused-ring (bicyclic) bond motifs is 2. The highest BCUT2D eigenvalue weighted by atomic mass is 35.5. The fraction of sp³-hybridized carbons (Fsp3) is 0.467. The van der Waals surface area contributed by atoms with Gasteiger partial charge in [0, 0.05) is 42.0 Å². The number of likely N-dealkylation sites (N-methyl/N-ethyl adjacent to an activating group) is 1. The first-order chi connectivity index (χ1) is 20.8. The van der Waals surface area contributed by atoms with Gasteiger partial charge < -0.3 is 19.9 Å². The van der Waals surface area contributed by atoms with Crippen molar-refractivity contribution < 1.29 is 23.8 Å². The van der Waals surface area contributed by atoms with Crippen LogP contribution in [-0.2, 0) is 0 Å². The van der Waals surface area contributed by atoms with Gasteiger partial charge in [0.15, 0.2) is 5.75 Å². The monoisotopic (exact) mass is 609 g/mol. The third-order valence-electron chi connectivity index (χ3n) is 8.61. The number of H-pyrrole nitrogens is 1. The van der Waals surface area contributed by atoms with Crippen molar-refractivity contribution in [3.8, 4) is 22.9 Å². The molecule has 3 aliphatic rings. The molecule has 7 rings (SSSR count). The Balaban J connectivity index is 1.42. The second-order valence-corrected chi connectivity index (χ2v) is 12.2. The van der Waals surface area contributed by atoms with Crippen molar-refractivity contribution in [3.63, 3.8) is 0 Å². The highest BCUT2D eigenvalue weighted by Gasteiger charge is 2.38. The minimum Gasteiger partial charge on any atom is -0.487 e. The van der Waals surface area contributed by atoms with Gasteiger partial charge in [-0.05, 0) is 62.6 Å². The van der Waals surface area contributed by atoms with Crippen molar-refractivity contribution in [2.45, 2.75) is 56.0 Å². The van der Waals surface area contributed by atoms with E-state index in [-0.39, 0.29) is 24.8 Å². The molecule has 2 aromatic heterocycles. The summed E-state index contributed by atoms with van der Waals surface area (Å²) in [5.41, 5.74) is 3.96. The molecular weight excluding hydrogens is 577 g/mol. The van der Waals surface area contributed by atoms with Crippen molar-refractivity contribution in [3.05, 3.63) is 41.7 Å². The summed E-state index contributed by atoms with van der Waals surface area (Å²) in [6.07, 6.45) is 2.00. The molecule has 2 unspecified atom stereocenters. The predicted molar refractivity (Wildman–Crippen MR) is 160 cm³/mol. The Bertz CT molecular complexity index is 1700. The number of hydrogen-bond donors (Lipinski definition) is 3. The van der Waals surface area contributed by atoms with Crippen LogP contribution in [0.3, 0.4) is 0 Å². The van der Waals surface area contributed by atoms with E-state index in [2.05, 4.69) is 15.5 Å². The zero-order valence-electron chi connectivity index (χ0n) is 23.9. The van der Waals surface area contributed by atoms with Crippen LogP contribution in [-0.4, -0.2) is 98.3 Å². The first-order valence-electron chi connectivity index (χ1n) is 14.6. The predicted octanol–water partition coefficient (Wildman–Crippen LogP) is 4.63. The van der Waals surface area contributed by atoms with Gasteiger partial charge in [-0.2, -0.15) is 15.1 Å². The van der Waals surface area contributed by atoms with E-state index in [4.69, 9.17) is 31.0 Å². The maximum absolute atomic E-state index is 14.1. The van der Waals surface area contributed by atoms with Gasteiger partial charge in [0.1, 0.15) is 23.8 Å². The number of carboxylic acid groups (broad SMARTS) is 1. The van der Waals surface area contributed by atoms with Gasteiger partial charge in [-0.3, -0.25) is 14.9 Å². The number of nitrogens with one attached hydrogen (secondary N) is 2.